The van der Waals surface area contributed by atoms with Gasteiger partial charge in [-0.15, -0.1) is 0 Å². The van der Waals surface area contributed by atoms with Gasteiger partial charge >= 0.3 is 0 Å². The fraction of sp³-hybridized carbons (Fsp3) is 0.207. The third-order valence-corrected chi connectivity index (χ3v) is 7.89. The van der Waals surface area contributed by atoms with E-state index in [1.54, 1.807) is 0 Å². The summed E-state index contributed by atoms with van der Waals surface area (Å²) in [5.74, 6) is 2.35. The number of imidazole rings is 1. The first-order valence-corrected chi connectivity index (χ1v) is 12.8. The number of halogens is 3. The monoisotopic (exact) mass is 628 g/mol. The molecule has 0 saturated heterocycles. The van der Waals surface area contributed by atoms with Crippen LogP contribution < -0.4 is 38.3 Å². The highest BCUT2D eigenvalue weighted by atomic mass is 127. The fourth-order valence-corrected chi connectivity index (χ4v) is 5.92. The molecule has 4 aromatic rings. The van der Waals surface area contributed by atoms with Crippen LogP contribution in [0.15, 0.2) is 78.6 Å². The van der Waals surface area contributed by atoms with Gasteiger partial charge in [0.25, 0.3) is 5.82 Å². The molecule has 184 valence electrons. The summed E-state index contributed by atoms with van der Waals surface area (Å²) >= 11 is 12.8. The van der Waals surface area contributed by atoms with Gasteiger partial charge in [-0.1, -0.05) is 59.6 Å². The lowest BCUT2D eigenvalue weighted by Crippen LogP contribution is -3.00. The molecule has 0 atom stereocenters. The molecule has 0 N–H and O–H groups in total. The Bertz CT molecular complexity index is 1510. The molecule has 0 radical (unpaired) electrons. The average molecular weight is 629 g/mol. The van der Waals surface area contributed by atoms with E-state index in [1.807, 2.05) is 12.1 Å². The third-order valence-electron chi connectivity index (χ3n) is 7.17. The second kappa shape index (κ2) is 9.77. The normalized spacial score (nSPS) is 15.1. The topological polar surface area (TPSA) is 15.3 Å². The predicted octanol–water partition coefficient (Wildman–Crippen LogP) is 3.78. The largest absolute Gasteiger partial charge is 1.00 e. The Morgan fingerprint density at radius 3 is 2.14 bits per heavy atom. The number of allylic oxidation sites excluding steroid dienone is 2. The first-order valence-electron chi connectivity index (χ1n) is 12.1. The Morgan fingerprint density at radius 2 is 1.47 bits per heavy atom. The minimum atomic E-state index is 0. The van der Waals surface area contributed by atoms with Crippen molar-refractivity contribution in [2.45, 2.75) is 20.4 Å². The van der Waals surface area contributed by atoms with E-state index in [4.69, 9.17) is 23.2 Å². The van der Waals surface area contributed by atoms with Gasteiger partial charge in [-0.3, -0.25) is 0 Å². The lowest BCUT2D eigenvalue weighted by molar-refractivity contribution is -0.648. The van der Waals surface area contributed by atoms with Crippen molar-refractivity contribution in [3.63, 3.8) is 0 Å². The maximum Gasteiger partial charge on any atom is 0.290 e. The molecule has 0 aliphatic carbocycles. The number of benzene rings is 3. The number of fused-ring (bicyclic) bond motifs is 5. The van der Waals surface area contributed by atoms with Gasteiger partial charge in [0, 0.05) is 18.7 Å². The zero-order valence-electron chi connectivity index (χ0n) is 20.5. The Balaban J connectivity index is 0.00000267. The van der Waals surface area contributed by atoms with Gasteiger partial charge in [0.15, 0.2) is 11.0 Å². The maximum absolute atomic E-state index is 6.41. The van der Waals surface area contributed by atoms with Crippen LogP contribution >= 0.6 is 23.2 Å². The van der Waals surface area contributed by atoms with E-state index in [0.29, 0.717) is 10.0 Å². The molecule has 4 nitrogen and oxygen atoms in total. The van der Waals surface area contributed by atoms with Gasteiger partial charge in [0.1, 0.15) is 12.4 Å². The van der Waals surface area contributed by atoms with Gasteiger partial charge in [-0.25, -0.2) is 9.13 Å². The summed E-state index contributed by atoms with van der Waals surface area (Å²) in [6.45, 7) is 6.87. The molecule has 0 saturated carbocycles. The van der Waals surface area contributed by atoms with E-state index < -0.39 is 0 Å². The Hall–Kier alpha value is -2.48. The molecule has 0 fully saturated rings. The second-order valence-electron chi connectivity index (χ2n) is 8.96. The predicted molar refractivity (Wildman–Crippen MR) is 146 cm³/mol. The Morgan fingerprint density at radius 1 is 0.861 bits per heavy atom. The molecule has 3 heterocycles. The lowest BCUT2D eigenvalue weighted by atomic mass is 9.95. The summed E-state index contributed by atoms with van der Waals surface area (Å²) in [6.07, 6.45) is 4.52. The van der Waals surface area contributed by atoms with Crippen LogP contribution in [0.4, 0.5) is 11.4 Å². The van der Waals surface area contributed by atoms with Crippen LogP contribution in [0.5, 0.6) is 0 Å². The summed E-state index contributed by atoms with van der Waals surface area (Å²) in [6, 6.07) is 21.3. The van der Waals surface area contributed by atoms with Crippen molar-refractivity contribution >= 4 is 51.2 Å². The van der Waals surface area contributed by atoms with Crippen LogP contribution in [0, 0.1) is 0 Å². The molecule has 36 heavy (non-hydrogen) atoms. The molecule has 1 aromatic heterocycles. The number of anilines is 2. The first-order chi connectivity index (χ1) is 17.0. The van der Waals surface area contributed by atoms with Crippen LogP contribution in [0.1, 0.15) is 30.8 Å². The van der Waals surface area contributed by atoms with Gasteiger partial charge in [0.05, 0.1) is 34.0 Å². The van der Waals surface area contributed by atoms with Crippen LogP contribution in [0.2, 0.25) is 10.0 Å². The minimum Gasteiger partial charge on any atom is -1.00 e. The van der Waals surface area contributed by atoms with Gasteiger partial charge in [-0.05, 0) is 55.8 Å². The van der Waals surface area contributed by atoms with Crippen molar-refractivity contribution in [3.05, 3.63) is 106 Å². The summed E-state index contributed by atoms with van der Waals surface area (Å²) in [5, 5.41) is 1.16. The highest BCUT2D eigenvalue weighted by molar-refractivity contribution is 6.42. The molecule has 3 aromatic carbocycles. The van der Waals surface area contributed by atoms with Crippen molar-refractivity contribution in [1.29, 1.82) is 0 Å². The van der Waals surface area contributed by atoms with Crippen molar-refractivity contribution in [3.8, 4) is 0 Å². The first kappa shape index (κ1) is 25.2. The zero-order valence-corrected chi connectivity index (χ0v) is 24.1. The standard InChI is InChI=1S/C29H27Cl2N4.HI/c1-4-33-26-16-22(30)23(31)17-27(26)34(5-2)28(33)15-14-21-20-11-7-6-10-19(20)18-35-25-13-9-8-12-24(25)32(3)29(21)35;/h6-17H,4-5,18H2,1-3H3;1H/q+1;/p-1. The molecular weight excluding hydrogens is 602 g/mol. The molecule has 6 rings (SSSR count). The maximum atomic E-state index is 6.41. The van der Waals surface area contributed by atoms with Gasteiger partial charge in [-0.2, -0.15) is 0 Å². The zero-order chi connectivity index (χ0) is 24.3. The van der Waals surface area contributed by atoms with Crippen molar-refractivity contribution in [2.24, 2.45) is 7.05 Å². The van der Waals surface area contributed by atoms with Gasteiger partial charge in [0.2, 0.25) is 0 Å². The van der Waals surface area contributed by atoms with Crippen LogP contribution in [0.25, 0.3) is 16.6 Å². The van der Waals surface area contributed by atoms with E-state index in [0.717, 1.165) is 36.8 Å². The van der Waals surface area contributed by atoms with E-state index in [-0.39, 0.29) is 24.0 Å². The van der Waals surface area contributed by atoms with Crippen molar-refractivity contribution < 1.29 is 28.5 Å². The van der Waals surface area contributed by atoms with E-state index in [9.17, 15) is 0 Å². The summed E-state index contributed by atoms with van der Waals surface area (Å²) in [7, 11) is 2.16. The summed E-state index contributed by atoms with van der Waals surface area (Å²) in [5.41, 5.74) is 8.51. The number of hydrogen-bond donors (Lipinski definition) is 0. The quantitative estimate of drug-likeness (QED) is 0.223. The van der Waals surface area contributed by atoms with Crippen molar-refractivity contribution in [2.75, 3.05) is 22.9 Å². The molecule has 2 aliphatic heterocycles. The number of rotatable bonds is 3. The number of hydrogen-bond acceptors (Lipinski definition) is 2. The Labute approximate surface area is 239 Å². The number of para-hydroxylation sites is 2. The number of nitrogens with zero attached hydrogens (tertiary/aromatic N) is 4. The molecule has 7 heteroatoms. The fourth-order valence-electron chi connectivity index (χ4n) is 5.60. The second-order valence-corrected chi connectivity index (χ2v) is 9.78. The van der Waals surface area contributed by atoms with Crippen LogP contribution in [0.3, 0.4) is 0 Å². The van der Waals surface area contributed by atoms with Crippen molar-refractivity contribution in [1.82, 2.24) is 4.57 Å². The number of aromatic nitrogens is 2. The molecule has 0 bridgehead atoms. The molecule has 0 spiro atoms. The number of aryl methyl sites for hydroxylation is 1. The van der Waals surface area contributed by atoms with Gasteiger partial charge < -0.3 is 33.8 Å². The SMILES string of the molecule is CCN1C(=CC=C2c3ccccc3Cn3c2[n+](C)c2ccccc23)N(CC)c2cc(Cl)c(Cl)cc21.[I-]. The van der Waals surface area contributed by atoms with E-state index >= 15 is 0 Å². The molecule has 0 unspecified atom stereocenters. The van der Waals surface area contributed by atoms with Crippen LogP contribution in [-0.4, -0.2) is 17.7 Å². The van der Waals surface area contributed by atoms with E-state index in [2.05, 4.69) is 101 Å². The minimum absolute atomic E-state index is 0. The molecular formula is C29H27Cl2IN4. The summed E-state index contributed by atoms with van der Waals surface area (Å²) < 4.78 is 4.74. The third kappa shape index (κ3) is 3.75. The molecule has 0 amide bonds. The Kier molecular flexibility index (Phi) is 6.83. The molecule has 2 aliphatic rings. The highest BCUT2D eigenvalue weighted by Gasteiger charge is 2.33. The average Bonchev–Trinajstić information content (AvgIpc) is 3.33. The lowest BCUT2D eigenvalue weighted by Gasteiger charge is -2.23. The van der Waals surface area contributed by atoms with E-state index in [1.165, 1.54) is 33.6 Å². The smallest absolute Gasteiger partial charge is 0.290 e. The summed E-state index contributed by atoms with van der Waals surface area (Å²) in [4.78, 5) is 4.62. The van der Waals surface area contributed by atoms with Crippen LogP contribution in [-0.2, 0) is 13.6 Å². The highest BCUT2D eigenvalue weighted by Crippen LogP contribution is 2.45.